The van der Waals surface area contributed by atoms with E-state index < -0.39 is 0 Å². The fourth-order valence-corrected chi connectivity index (χ4v) is 2.78. The summed E-state index contributed by atoms with van der Waals surface area (Å²) in [7, 11) is 1.40. The zero-order valence-corrected chi connectivity index (χ0v) is 13.0. The van der Waals surface area contributed by atoms with Crippen LogP contribution in [-0.2, 0) is 16.0 Å². The molecule has 1 heterocycles. The summed E-state index contributed by atoms with van der Waals surface area (Å²) in [4.78, 5) is 11.2. The smallest absolute Gasteiger partial charge is 0.306 e. The number of esters is 1. The predicted molar refractivity (Wildman–Crippen MR) is 74.9 cm³/mol. The molecule has 0 amide bonds. The van der Waals surface area contributed by atoms with Crippen molar-refractivity contribution in [3.8, 4) is 0 Å². The maximum Gasteiger partial charge on any atom is 0.306 e. The number of rotatable bonds is 7. The Kier molecular flexibility index (Phi) is 6.34. The number of carbonyl (C=O) groups is 1. The average Bonchev–Trinajstić information content (AvgIpc) is 2.76. The maximum atomic E-state index is 11.2. The van der Waals surface area contributed by atoms with Crippen LogP contribution in [0.15, 0.2) is 4.42 Å². The third-order valence-corrected chi connectivity index (χ3v) is 3.77. The number of aromatic nitrogens is 2. The molecule has 0 unspecified atom stereocenters. The van der Waals surface area contributed by atoms with Crippen LogP contribution < -0.4 is 0 Å². The summed E-state index contributed by atoms with van der Waals surface area (Å²) in [5.74, 6) is 1.60. The quantitative estimate of drug-likeness (QED) is 0.718. The largest absolute Gasteiger partial charge is 0.469 e. The summed E-state index contributed by atoms with van der Waals surface area (Å²) in [6.45, 7) is 8.22. The van der Waals surface area contributed by atoms with E-state index in [2.05, 4.69) is 28.8 Å². The first kappa shape index (κ1) is 16.0. The monoisotopic (exact) mass is 286 g/mol. The standard InChI is InChI=1S/C13H22N2O3S/c1-8(2)6-11-14-15-13(18-11)10(4)19-9(3)7-12(16)17-5/h8-10H,6-7H2,1-5H3/t9-,10+/m1/s1. The Bertz CT molecular complexity index is 406. The number of nitrogens with zero attached hydrogens (tertiary/aromatic N) is 2. The highest BCUT2D eigenvalue weighted by molar-refractivity contribution is 8.00. The van der Waals surface area contributed by atoms with Crippen LogP contribution in [0, 0.1) is 5.92 Å². The summed E-state index contributed by atoms with van der Waals surface area (Å²) in [5, 5.41) is 8.34. The summed E-state index contributed by atoms with van der Waals surface area (Å²) in [6.07, 6.45) is 1.18. The molecule has 0 spiro atoms. The third-order valence-electron chi connectivity index (χ3n) is 2.53. The van der Waals surface area contributed by atoms with Gasteiger partial charge in [-0.2, -0.15) is 0 Å². The second kappa shape index (κ2) is 7.53. The van der Waals surface area contributed by atoms with Gasteiger partial charge in [-0.15, -0.1) is 22.0 Å². The van der Waals surface area contributed by atoms with Crippen LogP contribution in [0.4, 0.5) is 0 Å². The van der Waals surface area contributed by atoms with Crippen LogP contribution >= 0.6 is 11.8 Å². The van der Waals surface area contributed by atoms with Gasteiger partial charge in [0.2, 0.25) is 11.8 Å². The minimum atomic E-state index is -0.196. The highest BCUT2D eigenvalue weighted by Crippen LogP contribution is 2.32. The summed E-state index contributed by atoms with van der Waals surface area (Å²) in [6, 6.07) is 0. The number of ether oxygens (including phenoxy) is 1. The molecule has 5 nitrogen and oxygen atoms in total. The van der Waals surface area contributed by atoms with Crippen LogP contribution in [0.5, 0.6) is 0 Å². The van der Waals surface area contributed by atoms with Crippen molar-refractivity contribution in [1.82, 2.24) is 10.2 Å². The molecule has 2 atom stereocenters. The van der Waals surface area contributed by atoms with E-state index in [-0.39, 0.29) is 16.5 Å². The molecule has 0 saturated heterocycles. The summed E-state index contributed by atoms with van der Waals surface area (Å²) in [5.41, 5.74) is 0. The number of hydrogen-bond acceptors (Lipinski definition) is 6. The van der Waals surface area contributed by atoms with Crippen molar-refractivity contribution in [3.05, 3.63) is 11.8 Å². The molecule has 19 heavy (non-hydrogen) atoms. The number of thioether (sulfide) groups is 1. The molecule has 0 fully saturated rings. The van der Waals surface area contributed by atoms with Crippen molar-refractivity contribution in [1.29, 1.82) is 0 Å². The Morgan fingerprint density at radius 1 is 1.32 bits per heavy atom. The first-order valence-electron chi connectivity index (χ1n) is 6.47. The Balaban J connectivity index is 2.50. The third kappa shape index (κ3) is 5.63. The normalized spacial score (nSPS) is 14.4. The van der Waals surface area contributed by atoms with E-state index in [0.717, 1.165) is 6.42 Å². The molecule has 1 aromatic rings. The van der Waals surface area contributed by atoms with Crippen LogP contribution in [-0.4, -0.2) is 28.5 Å². The van der Waals surface area contributed by atoms with Gasteiger partial charge in [-0.25, -0.2) is 0 Å². The molecule has 0 N–H and O–H groups in total. The lowest BCUT2D eigenvalue weighted by Gasteiger charge is -2.13. The van der Waals surface area contributed by atoms with Crippen LogP contribution in [0.1, 0.15) is 51.1 Å². The van der Waals surface area contributed by atoms with Crippen molar-refractivity contribution < 1.29 is 13.9 Å². The molecule has 0 aliphatic carbocycles. The molecular weight excluding hydrogens is 264 g/mol. The highest BCUT2D eigenvalue weighted by Gasteiger charge is 2.19. The molecule has 6 heteroatoms. The topological polar surface area (TPSA) is 65.2 Å². The summed E-state index contributed by atoms with van der Waals surface area (Å²) < 4.78 is 10.3. The van der Waals surface area contributed by atoms with Gasteiger partial charge < -0.3 is 9.15 Å². The SMILES string of the molecule is COC(=O)C[C@@H](C)S[C@@H](C)c1nnc(CC(C)C)o1. The van der Waals surface area contributed by atoms with Crippen LogP contribution in [0.3, 0.4) is 0 Å². The van der Waals surface area contributed by atoms with Gasteiger partial charge in [-0.1, -0.05) is 20.8 Å². The van der Waals surface area contributed by atoms with Crippen LogP contribution in [0.2, 0.25) is 0 Å². The van der Waals surface area contributed by atoms with Gasteiger partial charge >= 0.3 is 5.97 Å². The first-order valence-corrected chi connectivity index (χ1v) is 7.41. The second-order valence-corrected chi connectivity index (χ2v) is 6.79. The van der Waals surface area contributed by atoms with Crippen molar-refractivity contribution in [2.75, 3.05) is 7.11 Å². The lowest BCUT2D eigenvalue weighted by Crippen LogP contribution is -2.09. The fourth-order valence-electron chi connectivity index (χ4n) is 1.64. The zero-order chi connectivity index (χ0) is 14.4. The number of carbonyl (C=O) groups excluding carboxylic acids is 1. The van der Waals surface area contributed by atoms with E-state index in [9.17, 15) is 4.79 Å². The Morgan fingerprint density at radius 2 is 2.00 bits per heavy atom. The van der Waals surface area contributed by atoms with Crippen molar-refractivity contribution in [3.63, 3.8) is 0 Å². The van der Waals surface area contributed by atoms with E-state index >= 15 is 0 Å². The Morgan fingerprint density at radius 3 is 2.58 bits per heavy atom. The molecule has 1 rings (SSSR count). The van der Waals surface area contributed by atoms with E-state index in [1.165, 1.54) is 7.11 Å². The van der Waals surface area contributed by atoms with E-state index in [0.29, 0.717) is 24.1 Å². The van der Waals surface area contributed by atoms with Gasteiger partial charge in [0, 0.05) is 11.7 Å². The minimum absolute atomic E-state index is 0.0769. The van der Waals surface area contributed by atoms with Gasteiger partial charge in [0.15, 0.2) is 0 Å². The molecule has 0 aliphatic heterocycles. The van der Waals surface area contributed by atoms with E-state index in [1.807, 2.05) is 13.8 Å². The van der Waals surface area contributed by atoms with Crippen molar-refractivity contribution >= 4 is 17.7 Å². The lowest BCUT2D eigenvalue weighted by atomic mass is 10.1. The second-order valence-electron chi connectivity index (χ2n) is 5.00. The van der Waals surface area contributed by atoms with Crippen LogP contribution in [0.25, 0.3) is 0 Å². The average molecular weight is 286 g/mol. The first-order chi connectivity index (χ1) is 8.92. The molecule has 0 aromatic carbocycles. The molecule has 108 valence electrons. The maximum absolute atomic E-state index is 11.2. The molecule has 1 aromatic heterocycles. The van der Waals surface area contributed by atoms with Crippen molar-refractivity contribution in [2.45, 2.75) is 51.0 Å². The van der Waals surface area contributed by atoms with Gasteiger partial charge in [0.25, 0.3) is 0 Å². The fraction of sp³-hybridized carbons (Fsp3) is 0.769. The molecular formula is C13H22N2O3S. The Hall–Kier alpha value is -1.04. The zero-order valence-electron chi connectivity index (χ0n) is 12.2. The van der Waals surface area contributed by atoms with Gasteiger partial charge in [0.05, 0.1) is 18.8 Å². The molecule has 0 saturated carbocycles. The van der Waals surface area contributed by atoms with Gasteiger partial charge in [0.1, 0.15) is 0 Å². The minimum Gasteiger partial charge on any atom is -0.469 e. The van der Waals surface area contributed by atoms with Crippen molar-refractivity contribution in [2.24, 2.45) is 5.92 Å². The molecule has 0 radical (unpaired) electrons. The van der Waals surface area contributed by atoms with Gasteiger partial charge in [-0.3, -0.25) is 4.79 Å². The van der Waals surface area contributed by atoms with Gasteiger partial charge in [-0.05, 0) is 12.8 Å². The molecule has 0 bridgehead atoms. The van der Waals surface area contributed by atoms with E-state index in [4.69, 9.17) is 4.42 Å². The Labute approximate surface area is 118 Å². The number of methoxy groups -OCH3 is 1. The summed E-state index contributed by atoms with van der Waals surface area (Å²) >= 11 is 1.63. The van der Waals surface area contributed by atoms with E-state index in [1.54, 1.807) is 11.8 Å². The predicted octanol–water partition coefficient (Wildman–Crippen LogP) is 3.01. The lowest BCUT2D eigenvalue weighted by molar-refractivity contribution is -0.140. The molecule has 0 aliphatic rings. The number of hydrogen-bond donors (Lipinski definition) is 0. The highest BCUT2D eigenvalue weighted by atomic mass is 32.2.